The van der Waals surface area contributed by atoms with Crippen LogP contribution in [0.1, 0.15) is 0 Å². The molecule has 5 aromatic heterocycles. The lowest BCUT2D eigenvalue weighted by Gasteiger charge is -2.11. The Morgan fingerprint density at radius 3 is 1.73 bits per heavy atom. The van der Waals surface area contributed by atoms with Gasteiger partial charge in [0.05, 0.1) is 16.6 Å². The molecule has 206 valence electrons. The number of rotatable bonds is 4. The molecule has 0 radical (unpaired) electrons. The quantitative estimate of drug-likeness (QED) is 0.215. The van der Waals surface area contributed by atoms with Crippen LogP contribution in [0, 0.1) is 0 Å². The zero-order valence-electron chi connectivity index (χ0n) is 23.4. The van der Waals surface area contributed by atoms with Crippen LogP contribution in [0.25, 0.3) is 78.4 Å². The van der Waals surface area contributed by atoms with Crippen LogP contribution in [0.2, 0.25) is 0 Å². The lowest BCUT2D eigenvalue weighted by molar-refractivity contribution is 0.944. The van der Waals surface area contributed by atoms with Gasteiger partial charge in [0, 0.05) is 39.2 Å². The van der Waals surface area contributed by atoms with Crippen molar-refractivity contribution in [2.75, 3.05) is 0 Å². The van der Waals surface area contributed by atoms with Crippen molar-refractivity contribution in [2.45, 2.75) is 0 Å². The number of aromatic nitrogens is 7. The molecule has 0 N–H and O–H groups in total. The molecule has 5 heterocycles. The standard InChI is InChI=1S/C37H23N7/c1-4-13-24(14-5-1)33-39-34(25-15-6-2-7-16-25)41-37(40-33)44-30-20-11-10-19-27(30)28-23-29-32-31(21-12-22-38-32)43(36(29)42-35(28)44)26-17-8-3-9-18-26/h1-23H. The van der Waals surface area contributed by atoms with Crippen molar-refractivity contribution < 1.29 is 0 Å². The van der Waals surface area contributed by atoms with Gasteiger partial charge in [-0.25, -0.2) is 9.97 Å². The first-order valence-electron chi connectivity index (χ1n) is 14.5. The fourth-order valence-electron chi connectivity index (χ4n) is 6.06. The molecule has 44 heavy (non-hydrogen) atoms. The first-order chi connectivity index (χ1) is 21.8. The van der Waals surface area contributed by atoms with E-state index in [1.165, 1.54) is 0 Å². The van der Waals surface area contributed by atoms with Gasteiger partial charge in [-0.15, -0.1) is 0 Å². The largest absolute Gasteiger partial charge is 0.292 e. The van der Waals surface area contributed by atoms with Crippen molar-refractivity contribution in [1.82, 2.24) is 34.1 Å². The number of pyridine rings is 2. The van der Waals surface area contributed by atoms with E-state index in [-0.39, 0.29) is 0 Å². The summed E-state index contributed by atoms with van der Waals surface area (Å²) in [7, 11) is 0. The second-order valence-corrected chi connectivity index (χ2v) is 10.6. The molecule has 0 unspecified atom stereocenters. The fraction of sp³-hybridized carbons (Fsp3) is 0. The molecule has 4 aromatic carbocycles. The van der Waals surface area contributed by atoms with Gasteiger partial charge in [0.15, 0.2) is 17.3 Å². The Hall–Kier alpha value is -6.21. The van der Waals surface area contributed by atoms with Crippen molar-refractivity contribution in [3.63, 3.8) is 0 Å². The molecule has 0 saturated heterocycles. The van der Waals surface area contributed by atoms with Gasteiger partial charge in [0.25, 0.3) is 0 Å². The van der Waals surface area contributed by atoms with Gasteiger partial charge in [-0.05, 0) is 36.4 Å². The van der Waals surface area contributed by atoms with Crippen molar-refractivity contribution >= 4 is 44.0 Å². The van der Waals surface area contributed by atoms with E-state index < -0.39 is 0 Å². The van der Waals surface area contributed by atoms with E-state index >= 15 is 0 Å². The average Bonchev–Trinajstić information content (AvgIpc) is 3.60. The number of benzene rings is 4. The number of nitrogens with zero attached hydrogens (tertiary/aromatic N) is 7. The average molecular weight is 566 g/mol. The van der Waals surface area contributed by atoms with Crippen molar-refractivity contribution in [3.05, 3.63) is 140 Å². The van der Waals surface area contributed by atoms with E-state index in [4.69, 9.17) is 24.9 Å². The smallest absolute Gasteiger partial charge is 0.240 e. The van der Waals surface area contributed by atoms with Crippen molar-refractivity contribution in [1.29, 1.82) is 0 Å². The molecule has 0 aliphatic rings. The van der Waals surface area contributed by atoms with Crippen LogP contribution < -0.4 is 0 Å². The summed E-state index contributed by atoms with van der Waals surface area (Å²) in [6.07, 6.45) is 1.84. The van der Waals surface area contributed by atoms with Crippen LogP contribution in [0.5, 0.6) is 0 Å². The Bertz CT molecular complexity index is 2420. The van der Waals surface area contributed by atoms with Crippen LogP contribution in [-0.4, -0.2) is 34.1 Å². The molecule has 0 fully saturated rings. The molecule has 7 heteroatoms. The molecule has 0 atom stereocenters. The summed E-state index contributed by atoms with van der Waals surface area (Å²) in [5, 5.41) is 3.07. The molecule has 0 spiro atoms. The van der Waals surface area contributed by atoms with Gasteiger partial charge >= 0.3 is 0 Å². The van der Waals surface area contributed by atoms with Crippen molar-refractivity contribution in [3.8, 4) is 34.4 Å². The maximum Gasteiger partial charge on any atom is 0.240 e. The van der Waals surface area contributed by atoms with Crippen LogP contribution in [-0.2, 0) is 0 Å². The molecule has 7 nitrogen and oxygen atoms in total. The Balaban J connectivity index is 1.41. The van der Waals surface area contributed by atoms with Gasteiger partial charge < -0.3 is 0 Å². The summed E-state index contributed by atoms with van der Waals surface area (Å²) in [5.74, 6) is 1.71. The third-order valence-corrected chi connectivity index (χ3v) is 8.03. The molecule has 0 saturated carbocycles. The summed E-state index contributed by atoms with van der Waals surface area (Å²) in [4.78, 5) is 25.2. The van der Waals surface area contributed by atoms with Crippen LogP contribution in [0.3, 0.4) is 0 Å². The monoisotopic (exact) mass is 565 g/mol. The molecule has 9 rings (SSSR count). The fourth-order valence-corrected chi connectivity index (χ4v) is 6.06. The van der Waals surface area contributed by atoms with E-state index in [0.29, 0.717) is 17.6 Å². The minimum absolute atomic E-state index is 0.510. The SMILES string of the molecule is c1ccc(-c2nc(-c3ccccc3)nc(-n3c4ccccc4c4cc5c6ncccc6n(-c6ccccc6)c5nc43)n2)cc1. The predicted octanol–water partition coefficient (Wildman–Crippen LogP) is 8.19. The van der Waals surface area contributed by atoms with E-state index in [1.807, 2.05) is 97.2 Å². The zero-order valence-corrected chi connectivity index (χ0v) is 23.4. The van der Waals surface area contributed by atoms with E-state index in [2.05, 4.69) is 51.6 Å². The second kappa shape index (κ2) is 9.68. The Morgan fingerprint density at radius 1 is 0.432 bits per heavy atom. The minimum Gasteiger partial charge on any atom is -0.292 e. The summed E-state index contributed by atoms with van der Waals surface area (Å²) in [6, 6.07) is 44.9. The van der Waals surface area contributed by atoms with Gasteiger partial charge in [-0.2, -0.15) is 9.97 Å². The minimum atomic E-state index is 0.510. The zero-order chi connectivity index (χ0) is 29.0. The molecular formula is C37H23N7. The third-order valence-electron chi connectivity index (χ3n) is 8.03. The summed E-state index contributed by atoms with van der Waals surface area (Å²) in [6.45, 7) is 0. The highest BCUT2D eigenvalue weighted by Gasteiger charge is 2.22. The maximum absolute atomic E-state index is 5.40. The molecule has 0 bridgehead atoms. The number of fused-ring (bicyclic) bond motifs is 6. The highest BCUT2D eigenvalue weighted by Crippen LogP contribution is 2.37. The first-order valence-corrected chi connectivity index (χ1v) is 14.5. The number of hydrogen-bond donors (Lipinski definition) is 0. The summed E-state index contributed by atoms with van der Waals surface area (Å²) >= 11 is 0. The summed E-state index contributed by atoms with van der Waals surface area (Å²) in [5.41, 5.74) is 7.32. The molecule has 9 aromatic rings. The van der Waals surface area contributed by atoms with Crippen LogP contribution >= 0.6 is 0 Å². The van der Waals surface area contributed by atoms with E-state index in [0.717, 1.165) is 60.8 Å². The second-order valence-electron chi connectivity index (χ2n) is 10.6. The Kier molecular flexibility index (Phi) is 5.36. The van der Waals surface area contributed by atoms with Gasteiger partial charge in [-0.3, -0.25) is 14.1 Å². The summed E-state index contributed by atoms with van der Waals surface area (Å²) < 4.78 is 4.24. The van der Waals surface area contributed by atoms with E-state index in [1.54, 1.807) is 0 Å². The van der Waals surface area contributed by atoms with Gasteiger partial charge in [0.1, 0.15) is 5.65 Å². The maximum atomic E-state index is 5.40. The lowest BCUT2D eigenvalue weighted by atomic mass is 10.1. The van der Waals surface area contributed by atoms with Crippen molar-refractivity contribution in [2.24, 2.45) is 0 Å². The van der Waals surface area contributed by atoms with Gasteiger partial charge in [-0.1, -0.05) is 97.1 Å². The third kappa shape index (κ3) is 3.73. The first kappa shape index (κ1) is 24.4. The highest BCUT2D eigenvalue weighted by molar-refractivity contribution is 6.15. The van der Waals surface area contributed by atoms with Gasteiger partial charge in [0.2, 0.25) is 5.95 Å². The number of hydrogen-bond acceptors (Lipinski definition) is 5. The lowest BCUT2D eigenvalue weighted by Crippen LogP contribution is -2.07. The normalized spacial score (nSPS) is 11.6. The predicted molar refractivity (Wildman–Crippen MR) is 175 cm³/mol. The Morgan fingerprint density at radius 2 is 1.02 bits per heavy atom. The number of para-hydroxylation sites is 2. The molecule has 0 amide bonds. The Labute approximate surface area is 251 Å². The van der Waals surface area contributed by atoms with E-state index in [9.17, 15) is 0 Å². The molecule has 0 aliphatic heterocycles. The molecular weight excluding hydrogens is 542 g/mol. The highest BCUT2D eigenvalue weighted by atomic mass is 15.2. The topological polar surface area (TPSA) is 74.3 Å². The molecule has 0 aliphatic carbocycles. The van der Waals surface area contributed by atoms with Crippen LogP contribution in [0.4, 0.5) is 0 Å². The van der Waals surface area contributed by atoms with Crippen LogP contribution in [0.15, 0.2) is 140 Å².